The van der Waals surface area contributed by atoms with E-state index < -0.39 is 0 Å². The van der Waals surface area contributed by atoms with Crippen molar-refractivity contribution in [2.24, 2.45) is 0 Å². The van der Waals surface area contributed by atoms with Crippen LogP contribution in [0.1, 0.15) is 12.7 Å². The zero-order valence-corrected chi connectivity index (χ0v) is 14.2. The fourth-order valence-corrected chi connectivity index (χ4v) is 2.61. The average Bonchev–Trinajstić information content (AvgIpc) is 2.60. The van der Waals surface area contributed by atoms with Crippen molar-refractivity contribution in [3.63, 3.8) is 0 Å². The molecule has 0 radical (unpaired) electrons. The lowest BCUT2D eigenvalue weighted by Crippen LogP contribution is -2.30. The van der Waals surface area contributed by atoms with E-state index in [-0.39, 0.29) is 18.0 Å². The van der Waals surface area contributed by atoms with E-state index in [1.165, 1.54) is 4.57 Å². The molecule has 0 aliphatic heterocycles. The van der Waals surface area contributed by atoms with Gasteiger partial charge in [0.25, 0.3) is 5.56 Å². The molecule has 0 fully saturated rings. The Bertz CT molecular complexity index is 962. The summed E-state index contributed by atoms with van der Waals surface area (Å²) in [4.78, 5) is 29.3. The summed E-state index contributed by atoms with van der Waals surface area (Å²) in [5.41, 5.74) is 1.06. The van der Waals surface area contributed by atoms with Crippen LogP contribution in [0.2, 0.25) is 0 Å². The zero-order chi connectivity index (χ0) is 17.8. The smallest absolute Gasteiger partial charge is 0.261 e. The fourth-order valence-electron chi connectivity index (χ4n) is 2.61. The normalized spacial score (nSPS) is 10.6. The molecule has 1 heterocycles. The number of nitrogens with one attached hydrogen (secondary N) is 1. The summed E-state index contributed by atoms with van der Waals surface area (Å²) in [6, 6.07) is 14.2. The second-order valence-electron chi connectivity index (χ2n) is 5.57. The molecule has 3 aromatic rings. The number of aromatic nitrogens is 2. The second-order valence-corrected chi connectivity index (χ2v) is 5.57. The maximum Gasteiger partial charge on any atom is 0.261 e. The third-order valence-electron chi connectivity index (χ3n) is 3.80. The first kappa shape index (κ1) is 16.7. The molecule has 0 aliphatic rings. The summed E-state index contributed by atoms with van der Waals surface area (Å²) in [5.74, 6) is 0.961. The number of ether oxygens (including phenoxy) is 1. The number of nitrogens with zero attached hydrogens (tertiary/aromatic N) is 2. The molecule has 0 saturated heterocycles. The highest BCUT2D eigenvalue weighted by atomic mass is 16.5. The maximum atomic E-state index is 12.6. The van der Waals surface area contributed by atoms with E-state index in [1.54, 1.807) is 49.4 Å². The molecule has 0 saturated carbocycles. The Morgan fingerprint density at radius 3 is 2.60 bits per heavy atom. The molecule has 6 nitrogen and oxygen atoms in total. The molecule has 0 aliphatic carbocycles. The lowest BCUT2D eigenvalue weighted by molar-refractivity contribution is -0.116. The molecule has 3 rings (SSSR count). The van der Waals surface area contributed by atoms with Crippen LogP contribution in [0.5, 0.6) is 5.75 Å². The average molecular weight is 337 g/mol. The van der Waals surface area contributed by atoms with Gasteiger partial charge in [-0.3, -0.25) is 14.2 Å². The van der Waals surface area contributed by atoms with Gasteiger partial charge in [-0.25, -0.2) is 4.98 Å². The number of amides is 1. The first-order valence-electron chi connectivity index (χ1n) is 8.07. The van der Waals surface area contributed by atoms with Gasteiger partial charge in [0.2, 0.25) is 5.91 Å². The Morgan fingerprint density at radius 1 is 1.16 bits per heavy atom. The van der Waals surface area contributed by atoms with Gasteiger partial charge in [-0.15, -0.1) is 0 Å². The first-order valence-corrected chi connectivity index (χ1v) is 8.07. The molecule has 1 aromatic heterocycles. The van der Waals surface area contributed by atoms with E-state index in [4.69, 9.17) is 4.74 Å². The summed E-state index contributed by atoms with van der Waals surface area (Å²) in [5, 5.41) is 3.28. The monoisotopic (exact) mass is 337 g/mol. The number of hydrogen-bond acceptors (Lipinski definition) is 4. The second kappa shape index (κ2) is 7.17. The summed E-state index contributed by atoms with van der Waals surface area (Å²) >= 11 is 0. The van der Waals surface area contributed by atoms with Crippen LogP contribution < -0.4 is 15.6 Å². The van der Waals surface area contributed by atoms with Crippen molar-refractivity contribution >= 4 is 22.5 Å². The minimum atomic E-state index is -0.286. The lowest BCUT2D eigenvalue weighted by Gasteiger charge is -2.11. The van der Waals surface area contributed by atoms with E-state index in [1.807, 2.05) is 13.0 Å². The molecular weight excluding hydrogens is 318 g/mol. The van der Waals surface area contributed by atoms with E-state index in [2.05, 4.69) is 10.3 Å². The summed E-state index contributed by atoms with van der Waals surface area (Å²) in [6.07, 6.45) is 0. The minimum absolute atomic E-state index is 0.0876. The van der Waals surface area contributed by atoms with Gasteiger partial charge in [-0.2, -0.15) is 0 Å². The molecule has 2 aromatic carbocycles. The maximum absolute atomic E-state index is 12.6. The van der Waals surface area contributed by atoms with Gasteiger partial charge in [-0.05, 0) is 50.2 Å². The molecule has 1 N–H and O–H groups in total. The highest BCUT2D eigenvalue weighted by Gasteiger charge is 2.11. The van der Waals surface area contributed by atoms with Gasteiger partial charge < -0.3 is 10.1 Å². The summed E-state index contributed by atoms with van der Waals surface area (Å²) in [6.45, 7) is 4.13. The fraction of sp³-hybridized carbons (Fsp3) is 0.211. The molecule has 1 amide bonds. The molecular formula is C19H19N3O3. The number of carbonyl (C=O) groups is 1. The Morgan fingerprint density at radius 2 is 1.88 bits per heavy atom. The van der Waals surface area contributed by atoms with Crippen LogP contribution in [-0.2, 0) is 11.3 Å². The number of para-hydroxylation sites is 1. The summed E-state index contributed by atoms with van der Waals surface area (Å²) in [7, 11) is 0. The highest BCUT2D eigenvalue weighted by molar-refractivity contribution is 5.90. The van der Waals surface area contributed by atoms with E-state index >= 15 is 0 Å². The van der Waals surface area contributed by atoms with E-state index in [0.29, 0.717) is 29.0 Å². The molecule has 0 atom stereocenters. The van der Waals surface area contributed by atoms with Crippen molar-refractivity contribution in [3.8, 4) is 5.75 Å². The van der Waals surface area contributed by atoms with Crippen molar-refractivity contribution in [2.75, 3.05) is 11.9 Å². The molecule has 0 spiro atoms. The van der Waals surface area contributed by atoms with Crippen molar-refractivity contribution in [2.45, 2.75) is 20.4 Å². The largest absolute Gasteiger partial charge is 0.494 e. The molecule has 0 unspecified atom stereocenters. The Labute approximate surface area is 145 Å². The predicted octanol–water partition coefficient (Wildman–Crippen LogP) is 2.74. The van der Waals surface area contributed by atoms with Gasteiger partial charge in [0.05, 0.1) is 17.5 Å². The Balaban J connectivity index is 1.79. The molecule has 6 heteroatoms. The third kappa shape index (κ3) is 3.68. The standard InChI is InChI=1S/C19H19N3O3/c1-3-25-15-10-8-14(9-11-15)21-18(23)12-22-13(2)20-17-7-5-4-6-16(17)19(22)24/h4-11H,3,12H2,1-2H3,(H,21,23). The molecule has 25 heavy (non-hydrogen) atoms. The van der Waals surface area contributed by atoms with Gasteiger partial charge >= 0.3 is 0 Å². The quantitative estimate of drug-likeness (QED) is 0.777. The van der Waals surface area contributed by atoms with Crippen LogP contribution in [0.4, 0.5) is 5.69 Å². The van der Waals surface area contributed by atoms with E-state index in [9.17, 15) is 9.59 Å². The van der Waals surface area contributed by atoms with Crippen molar-refractivity contribution in [1.82, 2.24) is 9.55 Å². The lowest BCUT2D eigenvalue weighted by atomic mass is 10.2. The number of fused-ring (bicyclic) bond motifs is 1. The van der Waals surface area contributed by atoms with Crippen LogP contribution in [-0.4, -0.2) is 22.1 Å². The zero-order valence-electron chi connectivity index (χ0n) is 14.2. The van der Waals surface area contributed by atoms with Gasteiger partial charge in [0, 0.05) is 5.69 Å². The van der Waals surface area contributed by atoms with Crippen LogP contribution in [0.15, 0.2) is 53.3 Å². The number of hydrogen-bond donors (Lipinski definition) is 1. The van der Waals surface area contributed by atoms with Crippen LogP contribution in [0.25, 0.3) is 10.9 Å². The van der Waals surface area contributed by atoms with E-state index in [0.717, 1.165) is 5.75 Å². The van der Waals surface area contributed by atoms with Crippen LogP contribution in [0, 0.1) is 6.92 Å². The Kier molecular flexibility index (Phi) is 4.79. The first-order chi connectivity index (χ1) is 12.1. The molecule has 128 valence electrons. The van der Waals surface area contributed by atoms with Crippen molar-refractivity contribution in [3.05, 3.63) is 64.7 Å². The van der Waals surface area contributed by atoms with Gasteiger partial charge in [0.15, 0.2) is 0 Å². The van der Waals surface area contributed by atoms with Crippen molar-refractivity contribution in [1.29, 1.82) is 0 Å². The highest BCUT2D eigenvalue weighted by Crippen LogP contribution is 2.15. The molecule has 0 bridgehead atoms. The number of rotatable bonds is 5. The van der Waals surface area contributed by atoms with Gasteiger partial charge in [0.1, 0.15) is 18.1 Å². The number of anilines is 1. The third-order valence-corrected chi connectivity index (χ3v) is 3.80. The van der Waals surface area contributed by atoms with Crippen LogP contribution in [0.3, 0.4) is 0 Å². The number of benzene rings is 2. The minimum Gasteiger partial charge on any atom is -0.494 e. The Hall–Kier alpha value is -3.15. The number of carbonyl (C=O) groups excluding carboxylic acids is 1. The predicted molar refractivity (Wildman–Crippen MR) is 97.0 cm³/mol. The number of aryl methyl sites for hydroxylation is 1. The van der Waals surface area contributed by atoms with Crippen LogP contribution >= 0.6 is 0 Å². The summed E-state index contributed by atoms with van der Waals surface area (Å²) < 4.78 is 6.75. The van der Waals surface area contributed by atoms with Gasteiger partial charge in [-0.1, -0.05) is 12.1 Å². The SMILES string of the molecule is CCOc1ccc(NC(=O)Cn2c(C)nc3ccccc3c2=O)cc1. The van der Waals surface area contributed by atoms with Crippen molar-refractivity contribution < 1.29 is 9.53 Å². The topological polar surface area (TPSA) is 73.2 Å².